The van der Waals surface area contributed by atoms with Crippen LogP contribution >= 0.6 is 0 Å². The van der Waals surface area contributed by atoms with E-state index in [2.05, 4.69) is 0 Å². The predicted octanol–water partition coefficient (Wildman–Crippen LogP) is 2.62. The monoisotopic (exact) mass is 262 g/mol. The lowest BCUT2D eigenvalue weighted by Crippen LogP contribution is -2.07. The maximum Gasteiger partial charge on any atom is 0.306 e. The van der Waals surface area contributed by atoms with E-state index in [1.54, 1.807) is 12.1 Å². The molecule has 3 nitrogen and oxygen atoms in total. The van der Waals surface area contributed by atoms with Crippen molar-refractivity contribution in [2.24, 2.45) is 0 Å². The summed E-state index contributed by atoms with van der Waals surface area (Å²) in [5.74, 6) is 0.392. The summed E-state index contributed by atoms with van der Waals surface area (Å²) in [4.78, 5) is 0. The highest BCUT2D eigenvalue weighted by molar-refractivity contribution is 7.86. The van der Waals surface area contributed by atoms with Gasteiger partial charge in [-0.3, -0.25) is 0 Å². The Morgan fingerprint density at radius 1 is 0.944 bits per heavy atom. The molecule has 0 radical (unpaired) electrons. The van der Waals surface area contributed by atoms with E-state index in [0.717, 1.165) is 17.4 Å². The van der Waals surface area contributed by atoms with E-state index in [1.807, 2.05) is 42.5 Å². The van der Waals surface area contributed by atoms with E-state index in [9.17, 15) is 8.42 Å². The highest BCUT2D eigenvalue weighted by Crippen LogP contribution is 2.22. The zero-order chi connectivity index (χ0) is 13.0. The first-order valence-corrected chi connectivity index (χ1v) is 7.37. The van der Waals surface area contributed by atoms with Gasteiger partial charge in [-0.2, -0.15) is 8.42 Å². The molecule has 18 heavy (non-hydrogen) atoms. The fourth-order valence-corrected chi connectivity index (χ4v) is 2.20. The minimum atomic E-state index is -3.49. The molecule has 0 bridgehead atoms. The molecule has 0 amide bonds. The first-order chi connectivity index (χ1) is 8.54. The zero-order valence-electron chi connectivity index (χ0n) is 10.0. The van der Waals surface area contributed by atoms with Gasteiger partial charge in [0, 0.05) is 12.0 Å². The fraction of sp³-hybridized carbons (Fsp3) is 0.143. The van der Waals surface area contributed by atoms with E-state index < -0.39 is 10.1 Å². The second-order valence-electron chi connectivity index (χ2n) is 4.06. The molecule has 2 rings (SSSR count). The number of hydrogen-bond donors (Lipinski definition) is 0. The van der Waals surface area contributed by atoms with Crippen LogP contribution in [-0.4, -0.2) is 14.7 Å². The summed E-state index contributed by atoms with van der Waals surface area (Å²) in [6.45, 7) is 0. The van der Waals surface area contributed by atoms with E-state index >= 15 is 0 Å². The quantitative estimate of drug-likeness (QED) is 0.795. The van der Waals surface area contributed by atoms with E-state index in [0.29, 0.717) is 12.2 Å². The van der Waals surface area contributed by atoms with Gasteiger partial charge in [0.1, 0.15) is 5.75 Å². The van der Waals surface area contributed by atoms with Crippen molar-refractivity contribution in [3.63, 3.8) is 0 Å². The van der Waals surface area contributed by atoms with Crippen LogP contribution < -0.4 is 4.18 Å². The second-order valence-corrected chi connectivity index (χ2v) is 5.63. The van der Waals surface area contributed by atoms with Gasteiger partial charge in [-0.05, 0) is 11.6 Å². The van der Waals surface area contributed by atoms with Crippen LogP contribution in [0.3, 0.4) is 0 Å². The highest BCUT2D eigenvalue weighted by Gasteiger charge is 2.09. The Labute approximate surface area is 107 Å². The Morgan fingerprint density at radius 2 is 1.56 bits per heavy atom. The lowest BCUT2D eigenvalue weighted by Gasteiger charge is -2.09. The number of benzene rings is 2. The summed E-state index contributed by atoms with van der Waals surface area (Å²) in [6, 6.07) is 17.0. The molecule has 2 aromatic rings. The van der Waals surface area contributed by atoms with Gasteiger partial charge in [-0.15, -0.1) is 0 Å². The molecule has 2 aromatic carbocycles. The maximum atomic E-state index is 11.2. The molecular formula is C14H14O3S. The SMILES string of the molecule is CS(=O)(=O)Oc1ccccc1Cc1ccccc1. The minimum Gasteiger partial charge on any atom is -0.382 e. The van der Waals surface area contributed by atoms with Crippen molar-refractivity contribution in [2.75, 3.05) is 6.26 Å². The van der Waals surface area contributed by atoms with Crippen LogP contribution in [0.2, 0.25) is 0 Å². The van der Waals surface area contributed by atoms with E-state index in [4.69, 9.17) is 4.18 Å². The van der Waals surface area contributed by atoms with Crippen molar-refractivity contribution >= 4 is 10.1 Å². The molecule has 0 heterocycles. The van der Waals surface area contributed by atoms with Gasteiger partial charge in [-0.1, -0.05) is 48.5 Å². The van der Waals surface area contributed by atoms with Gasteiger partial charge >= 0.3 is 10.1 Å². The van der Waals surface area contributed by atoms with Gasteiger partial charge in [0.05, 0.1) is 6.26 Å². The van der Waals surface area contributed by atoms with E-state index in [-0.39, 0.29) is 0 Å². The normalized spacial score (nSPS) is 11.2. The number of hydrogen-bond acceptors (Lipinski definition) is 3. The molecule has 0 aliphatic carbocycles. The third-order valence-corrected chi connectivity index (χ3v) is 2.93. The third kappa shape index (κ3) is 3.60. The predicted molar refractivity (Wildman–Crippen MR) is 71.2 cm³/mol. The molecule has 4 heteroatoms. The van der Waals surface area contributed by atoms with Crippen LogP contribution in [0.15, 0.2) is 54.6 Å². The molecule has 0 atom stereocenters. The Morgan fingerprint density at radius 3 is 2.22 bits per heavy atom. The highest BCUT2D eigenvalue weighted by atomic mass is 32.2. The average molecular weight is 262 g/mol. The van der Waals surface area contributed by atoms with Crippen LogP contribution in [0.4, 0.5) is 0 Å². The van der Waals surface area contributed by atoms with Crippen LogP contribution in [0, 0.1) is 0 Å². The summed E-state index contributed by atoms with van der Waals surface area (Å²) < 4.78 is 27.3. The number of rotatable bonds is 4. The molecule has 94 valence electrons. The molecule has 0 fully saturated rings. The van der Waals surface area contributed by atoms with Crippen LogP contribution in [0.5, 0.6) is 5.75 Å². The van der Waals surface area contributed by atoms with Crippen LogP contribution in [0.25, 0.3) is 0 Å². The summed E-state index contributed by atoms with van der Waals surface area (Å²) in [5, 5.41) is 0. The first kappa shape index (κ1) is 12.6. The van der Waals surface area contributed by atoms with Gasteiger partial charge in [-0.25, -0.2) is 0 Å². The van der Waals surface area contributed by atoms with Crippen molar-refractivity contribution < 1.29 is 12.6 Å². The summed E-state index contributed by atoms with van der Waals surface area (Å²) in [5.41, 5.74) is 1.97. The lowest BCUT2D eigenvalue weighted by molar-refractivity contribution is 0.490. The minimum absolute atomic E-state index is 0.392. The maximum absolute atomic E-state index is 11.2. The van der Waals surface area contributed by atoms with Gasteiger partial charge in [0.2, 0.25) is 0 Å². The van der Waals surface area contributed by atoms with Crippen molar-refractivity contribution in [3.8, 4) is 5.75 Å². The summed E-state index contributed by atoms with van der Waals surface area (Å²) in [6.07, 6.45) is 1.69. The first-order valence-electron chi connectivity index (χ1n) is 5.56. The Hall–Kier alpha value is -1.81. The molecule has 0 unspecified atom stereocenters. The second kappa shape index (κ2) is 5.23. The lowest BCUT2D eigenvalue weighted by atomic mass is 10.0. The van der Waals surface area contributed by atoms with E-state index in [1.165, 1.54) is 0 Å². The van der Waals surface area contributed by atoms with Crippen molar-refractivity contribution in [1.82, 2.24) is 0 Å². The molecule has 0 saturated carbocycles. The third-order valence-electron chi connectivity index (χ3n) is 2.45. The van der Waals surface area contributed by atoms with Crippen molar-refractivity contribution in [1.29, 1.82) is 0 Å². The average Bonchev–Trinajstić information content (AvgIpc) is 2.31. The van der Waals surface area contributed by atoms with Crippen LogP contribution in [0.1, 0.15) is 11.1 Å². The Kier molecular flexibility index (Phi) is 3.67. The molecule has 0 aromatic heterocycles. The molecule has 0 N–H and O–H groups in total. The Bertz CT molecular complexity index is 618. The van der Waals surface area contributed by atoms with Gasteiger partial charge in [0.15, 0.2) is 0 Å². The molecule has 0 aliphatic heterocycles. The van der Waals surface area contributed by atoms with Gasteiger partial charge < -0.3 is 4.18 Å². The summed E-state index contributed by atoms with van der Waals surface area (Å²) in [7, 11) is -3.49. The van der Waals surface area contributed by atoms with Gasteiger partial charge in [0.25, 0.3) is 0 Å². The largest absolute Gasteiger partial charge is 0.382 e. The molecule has 0 spiro atoms. The topological polar surface area (TPSA) is 43.4 Å². The summed E-state index contributed by atoms with van der Waals surface area (Å²) >= 11 is 0. The molecular weight excluding hydrogens is 248 g/mol. The molecule has 0 saturated heterocycles. The zero-order valence-corrected chi connectivity index (χ0v) is 10.9. The van der Waals surface area contributed by atoms with Crippen LogP contribution in [-0.2, 0) is 16.5 Å². The van der Waals surface area contributed by atoms with Crippen molar-refractivity contribution in [3.05, 3.63) is 65.7 Å². The standard InChI is InChI=1S/C14H14O3S/c1-18(15,16)17-14-10-6-5-9-13(14)11-12-7-3-2-4-8-12/h2-10H,11H2,1H3. The Balaban J connectivity index is 2.28. The fourth-order valence-electron chi connectivity index (χ4n) is 1.71. The molecule has 0 aliphatic rings. The number of para-hydroxylation sites is 1. The van der Waals surface area contributed by atoms with Crippen molar-refractivity contribution in [2.45, 2.75) is 6.42 Å². The smallest absolute Gasteiger partial charge is 0.306 e.